The lowest BCUT2D eigenvalue weighted by molar-refractivity contribution is 0.308. The third-order valence-electron chi connectivity index (χ3n) is 6.23. The Balaban J connectivity index is 1.26. The van der Waals surface area contributed by atoms with E-state index in [2.05, 4.69) is 41.4 Å². The zero-order chi connectivity index (χ0) is 21.5. The van der Waals surface area contributed by atoms with Gasteiger partial charge in [-0.05, 0) is 71.8 Å². The predicted octanol–water partition coefficient (Wildman–Crippen LogP) is 6.26. The number of aromatic nitrogens is 2. The molecule has 0 saturated heterocycles. The SMILES string of the molecule is O=c1[nH]c(-c2ccc(OCc3cccc4ccccc34)cc2)nc2sc3c(c12)CCCC3. The molecule has 32 heavy (non-hydrogen) atoms. The topological polar surface area (TPSA) is 55.0 Å². The summed E-state index contributed by atoms with van der Waals surface area (Å²) in [5.74, 6) is 1.40. The number of H-pyrrole nitrogens is 1. The van der Waals surface area contributed by atoms with Crippen molar-refractivity contribution in [1.29, 1.82) is 0 Å². The van der Waals surface area contributed by atoms with Crippen LogP contribution in [0.5, 0.6) is 5.75 Å². The Bertz CT molecular complexity index is 1490. The Morgan fingerprint density at radius 1 is 0.938 bits per heavy atom. The van der Waals surface area contributed by atoms with Gasteiger partial charge < -0.3 is 9.72 Å². The Morgan fingerprint density at radius 2 is 1.75 bits per heavy atom. The largest absolute Gasteiger partial charge is 0.489 e. The maximum atomic E-state index is 12.8. The molecule has 0 amide bonds. The number of fused-ring (bicyclic) bond motifs is 4. The van der Waals surface area contributed by atoms with E-state index in [4.69, 9.17) is 9.72 Å². The maximum Gasteiger partial charge on any atom is 0.260 e. The van der Waals surface area contributed by atoms with Crippen molar-refractivity contribution in [2.75, 3.05) is 0 Å². The van der Waals surface area contributed by atoms with Gasteiger partial charge in [-0.25, -0.2) is 4.98 Å². The van der Waals surface area contributed by atoms with Gasteiger partial charge in [0.25, 0.3) is 5.56 Å². The van der Waals surface area contributed by atoms with Crippen LogP contribution in [-0.2, 0) is 19.4 Å². The molecule has 1 aliphatic rings. The molecular weight excluding hydrogens is 416 g/mol. The first kappa shape index (κ1) is 19.3. The fourth-order valence-electron chi connectivity index (χ4n) is 4.59. The molecule has 0 bridgehead atoms. The van der Waals surface area contributed by atoms with Gasteiger partial charge in [-0.2, -0.15) is 0 Å². The molecule has 1 N–H and O–H groups in total. The van der Waals surface area contributed by atoms with Crippen LogP contribution in [0.25, 0.3) is 32.4 Å². The molecule has 0 radical (unpaired) electrons. The number of hydrogen-bond acceptors (Lipinski definition) is 4. The zero-order valence-corrected chi connectivity index (χ0v) is 18.4. The fourth-order valence-corrected chi connectivity index (χ4v) is 5.85. The normalized spacial score (nSPS) is 13.4. The van der Waals surface area contributed by atoms with E-state index in [9.17, 15) is 4.79 Å². The van der Waals surface area contributed by atoms with Crippen LogP contribution >= 0.6 is 11.3 Å². The number of hydrogen-bond donors (Lipinski definition) is 1. The smallest absolute Gasteiger partial charge is 0.260 e. The van der Waals surface area contributed by atoms with Crippen LogP contribution in [0.2, 0.25) is 0 Å². The number of nitrogens with one attached hydrogen (secondary N) is 1. The molecular formula is C27H22N2O2S. The van der Waals surface area contributed by atoms with Crippen molar-refractivity contribution in [2.24, 2.45) is 0 Å². The number of rotatable bonds is 4. The van der Waals surface area contributed by atoms with Crippen molar-refractivity contribution >= 4 is 32.3 Å². The second kappa shape index (κ2) is 7.92. The average Bonchev–Trinajstić information content (AvgIpc) is 3.22. The number of benzene rings is 3. The molecule has 1 aliphatic carbocycles. The Morgan fingerprint density at radius 3 is 2.66 bits per heavy atom. The molecule has 2 heterocycles. The van der Waals surface area contributed by atoms with E-state index in [0.29, 0.717) is 12.4 Å². The minimum absolute atomic E-state index is 0.0271. The summed E-state index contributed by atoms with van der Waals surface area (Å²) in [6.45, 7) is 0.502. The van der Waals surface area contributed by atoms with Gasteiger partial charge in [0.2, 0.25) is 0 Å². The van der Waals surface area contributed by atoms with E-state index in [1.54, 1.807) is 11.3 Å². The molecule has 3 aromatic carbocycles. The fraction of sp³-hybridized carbons (Fsp3) is 0.185. The van der Waals surface area contributed by atoms with E-state index in [1.807, 2.05) is 30.3 Å². The van der Waals surface area contributed by atoms with Crippen LogP contribution in [-0.4, -0.2) is 9.97 Å². The summed E-state index contributed by atoms with van der Waals surface area (Å²) in [5, 5.41) is 3.22. The predicted molar refractivity (Wildman–Crippen MR) is 131 cm³/mol. The van der Waals surface area contributed by atoms with Crippen molar-refractivity contribution in [1.82, 2.24) is 9.97 Å². The number of aromatic amines is 1. The average molecular weight is 439 g/mol. The van der Waals surface area contributed by atoms with Gasteiger partial charge >= 0.3 is 0 Å². The van der Waals surface area contributed by atoms with Gasteiger partial charge in [0, 0.05) is 10.4 Å². The summed E-state index contributed by atoms with van der Waals surface area (Å²) in [6.07, 6.45) is 4.40. The Hall–Kier alpha value is -3.44. The molecule has 0 atom stereocenters. The molecule has 5 heteroatoms. The van der Waals surface area contributed by atoms with Crippen molar-refractivity contribution < 1.29 is 4.74 Å². The standard InChI is InChI=1S/C27H22N2O2S/c30-26-24-22-10-3-4-11-23(22)32-27(24)29-25(28-26)18-12-14-20(15-13-18)31-16-19-8-5-7-17-6-1-2-9-21(17)19/h1-2,5-9,12-15H,3-4,10-11,16H2,(H,28,29,30). The summed E-state index contributed by atoms with van der Waals surface area (Å²) < 4.78 is 6.05. The van der Waals surface area contributed by atoms with Gasteiger partial charge in [-0.1, -0.05) is 42.5 Å². The lowest BCUT2D eigenvalue weighted by Crippen LogP contribution is -2.11. The quantitative estimate of drug-likeness (QED) is 0.360. The van der Waals surface area contributed by atoms with Crippen LogP contribution in [0.4, 0.5) is 0 Å². The van der Waals surface area contributed by atoms with Crippen LogP contribution in [0.3, 0.4) is 0 Å². The van der Waals surface area contributed by atoms with Crippen molar-refractivity contribution in [2.45, 2.75) is 32.3 Å². The highest BCUT2D eigenvalue weighted by Crippen LogP contribution is 2.34. The van der Waals surface area contributed by atoms with Crippen molar-refractivity contribution in [3.05, 3.63) is 93.1 Å². The minimum atomic E-state index is -0.0271. The van der Waals surface area contributed by atoms with E-state index >= 15 is 0 Å². The molecule has 0 fully saturated rings. The lowest BCUT2D eigenvalue weighted by Gasteiger charge is -2.10. The summed E-state index contributed by atoms with van der Waals surface area (Å²) in [4.78, 5) is 22.8. The molecule has 0 aliphatic heterocycles. The van der Waals surface area contributed by atoms with E-state index in [-0.39, 0.29) is 5.56 Å². The minimum Gasteiger partial charge on any atom is -0.489 e. The molecule has 5 aromatic rings. The van der Waals surface area contributed by atoms with E-state index < -0.39 is 0 Å². The van der Waals surface area contributed by atoms with Gasteiger partial charge in [0.05, 0.1) is 5.39 Å². The van der Waals surface area contributed by atoms with Crippen molar-refractivity contribution in [3.8, 4) is 17.1 Å². The zero-order valence-electron chi connectivity index (χ0n) is 17.6. The first-order valence-corrected chi connectivity index (χ1v) is 11.8. The maximum absolute atomic E-state index is 12.8. The lowest BCUT2D eigenvalue weighted by atomic mass is 9.97. The number of aryl methyl sites for hydroxylation is 2. The highest BCUT2D eigenvalue weighted by Gasteiger charge is 2.20. The molecule has 0 spiro atoms. The number of ether oxygens (including phenoxy) is 1. The van der Waals surface area contributed by atoms with Crippen LogP contribution < -0.4 is 10.3 Å². The third kappa shape index (κ3) is 3.39. The Kier molecular flexibility index (Phi) is 4.76. The first-order chi connectivity index (χ1) is 15.8. The molecule has 6 rings (SSSR count). The van der Waals surface area contributed by atoms with Crippen molar-refractivity contribution in [3.63, 3.8) is 0 Å². The Labute approximate surface area is 189 Å². The molecule has 4 nitrogen and oxygen atoms in total. The summed E-state index contributed by atoms with van der Waals surface area (Å²) in [6, 6.07) is 22.4. The van der Waals surface area contributed by atoms with Gasteiger partial charge in [-0.15, -0.1) is 11.3 Å². The summed E-state index contributed by atoms with van der Waals surface area (Å²) in [7, 11) is 0. The summed E-state index contributed by atoms with van der Waals surface area (Å²) in [5.41, 5.74) is 3.23. The highest BCUT2D eigenvalue weighted by molar-refractivity contribution is 7.18. The molecule has 0 unspecified atom stereocenters. The van der Waals surface area contributed by atoms with Crippen LogP contribution in [0.1, 0.15) is 28.8 Å². The van der Waals surface area contributed by atoms with Gasteiger partial charge in [-0.3, -0.25) is 4.79 Å². The van der Waals surface area contributed by atoms with E-state index in [0.717, 1.165) is 46.4 Å². The van der Waals surface area contributed by atoms with Crippen LogP contribution in [0.15, 0.2) is 71.5 Å². The number of thiophene rings is 1. The van der Waals surface area contributed by atoms with Gasteiger partial charge in [0.15, 0.2) is 0 Å². The molecule has 158 valence electrons. The molecule has 2 aromatic heterocycles. The van der Waals surface area contributed by atoms with Crippen LogP contribution in [0, 0.1) is 0 Å². The number of nitrogens with zero attached hydrogens (tertiary/aromatic N) is 1. The van der Waals surface area contributed by atoms with Gasteiger partial charge in [0.1, 0.15) is 23.0 Å². The highest BCUT2D eigenvalue weighted by atomic mass is 32.1. The summed E-state index contributed by atoms with van der Waals surface area (Å²) >= 11 is 1.68. The third-order valence-corrected chi connectivity index (χ3v) is 7.41. The monoisotopic (exact) mass is 438 g/mol. The second-order valence-electron chi connectivity index (χ2n) is 8.26. The van der Waals surface area contributed by atoms with E-state index in [1.165, 1.54) is 27.6 Å². The first-order valence-electron chi connectivity index (χ1n) is 11.0. The molecule has 0 saturated carbocycles. The second-order valence-corrected chi connectivity index (χ2v) is 9.34.